The second-order valence-electron chi connectivity index (χ2n) is 7.03. The van der Waals surface area contributed by atoms with E-state index in [9.17, 15) is 17.6 Å². The molecule has 162 valence electrons. The minimum absolute atomic E-state index is 0.0227. The van der Waals surface area contributed by atoms with Crippen LogP contribution in [0.4, 0.5) is 4.39 Å². The number of ether oxygens (including phenoxy) is 1. The van der Waals surface area contributed by atoms with E-state index in [4.69, 9.17) is 4.74 Å². The fraction of sp³-hybridized carbons (Fsp3) is 0.208. The van der Waals surface area contributed by atoms with Crippen molar-refractivity contribution in [2.45, 2.75) is 30.8 Å². The first-order chi connectivity index (χ1) is 14.9. The summed E-state index contributed by atoms with van der Waals surface area (Å²) in [7, 11) is -2.63. The van der Waals surface area contributed by atoms with Crippen molar-refractivity contribution in [2.75, 3.05) is 7.11 Å². The van der Waals surface area contributed by atoms with Crippen molar-refractivity contribution in [3.05, 3.63) is 101 Å². The molecule has 0 aromatic heterocycles. The molecule has 1 atom stereocenters. The first kappa shape index (κ1) is 22.7. The van der Waals surface area contributed by atoms with E-state index in [0.29, 0.717) is 17.5 Å². The smallest absolute Gasteiger partial charge is 0.337 e. The second-order valence-corrected chi connectivity index (χ2v) is 8.92. The summed E-state index contributed by atoms with van der Waals surface area (Å²) in [5, 5.41) is 0. The molecule has 0 spiro atoms. The Kier molecular flexibility index (Phi) is 7.20. The van der Waals surface area contributed by atoms with E-state index in [1.165, 1.54) is 23.5 Å². The Morgan fingerprint density at radius 3 is 2.13 bits per heavy atom. The highest BCUT2D eigenvalue weighted by Crippen LogP contribution is 2.32. The van der Waals surface area contributed by atoms with E-state index in [1.54, 1.807) is 24.3 Å². The van der Waals surface area contributed by atoms with Gasteiger partial charge in [-0.3, -0.25) is 0 Å². The van der Waals surface area contributed by atoms with Crippen LogP contribution in [-0.4, -0.2) is 25.8 Å². The summed E-state index contributed by atoms with van der Waals surface area (Å²) in [5.41, 5.74) is 1.96. The van der Waals surface area contributed by atoms with E-state index in [1.807, 2.05) is 37.3 Å². The monoisotopic (exact) mass is 441 g/mol. The number of rotatable bonds is 8. The average Bonchev–Trinajstić information content (AvgIpc) is 2.80. The van der Waals surface area contributed by atoms with Gasteiger partial charge in [-0.15, -0.1) is 0 Å². The lowest BCUT2D eigenvalue weighted by Crippen LogP contribution is -2.34. The van der Waals surface area contributed by atoms with E-state index in [-0.39, 0.29) is 11.4 Å². The number of benzene rings is 3. The van der Waals surface area contributed by atoms with Gasteiger partial charge in [0.25, 0.3) is 0 Å². The zero-order valence-corrected chi connectivity index (χ0v) is 18.2. The van der Waals surface area contributed by atoms with Crippen LogP contribution in [0.1, 0.15) is 40.9 Å². The molecular formula is C24H24FNO4S. The van der Waals surface area contributed by atoms with Crippen LogP contribution >= 0.6 is 0 Å². The van der Waals surface area contributed by atoms with Crippen molar-refractivity contribution >= 4 is 16.0 Å². The van der Waals surface area contributed by atoms with Gasteiger partial charge in [-0.05, 0) is 53.9 Å². The quantitative estimate of drug-likeness (QED) is 0.464. The number of nitrogens with zero attached hydrogens (tertiary/aromatic N) is 1. The number of methoxy groups -OCH3 is 1. The molecule has 0 saturated heterocycles. The Morgan fingerprint density at radius 1 is 0.968 bits per heavy atom. The van der Waals surface area contributed by atoms with Crippen molar-refractivity contribution in [3.8, 4) is 0 Å². The third-order valence-corrected chi connectivity index (χ3v) is 6.92. The molecule has 5 nitrogen and oxygen atoms in total. The molecule has 3 aromatic rings. The van der Waals surface area contributed by atoms with Gasteiger partial charge in [-0.2, -0.15) is 4.31 Å². The molecule has 0 amide bonds. The molecular weight excluding hydrogens is 417 g/mol. The van der Waals surface area contributed by atoms with Crippen LogP contribution in [0.15, 0.2) is 83.8 Å². The minimum atomic E-state index is -3.93. The van der Waals surface area contributed by atoms with Gasteiger partial charge in [0.2, 0.25) is 10.0 Å². The summed E-state index contributed by atoms with van der Waals surface area (Å²) < 4.78 is 46.7. The fourth-order valence-corrected chi connectivity index (χ4v) is 5.11. The Balaban J connectivity index is 2.03. The van der Waals surface area contributed by atoms with Crippen molar-refractivity contribution in [3.63, 3.8) is 0 Å². The summed E-state index contributed by atoms with van der Waals surface area (Å²) in [6, 6.07) is 20.4. The van der Waals surface area contributed by atoms with Crippen LogP contribution < -0.4 is 0 Å². The normalized spacial score (nSPS) is 12.5. The average molecular weight is 442 g/mol. The molecule has 0 saturated carbocycles. The summed E-state index contributed by atoms with van der Waals surface area (Å²) in [6.45, 7) is 2.01. The standard InChI is InChI=1S/C24H24FNO4S/c1-3-23(19-7-5-4-6-8-19)26(31(28,29)22-15-13-21(25)14-16-22)17-18-9-11-20(12-10-18)24(27)30-2/h4-16,23H,3,17H2,1-2H3. The maximum atomic E-state index is 13.6. The van der Waals surface area contributed by atoms with E-state index in [2.05, 4.69) is 0 Å². The molecule has 0 N–H and O–H groups in total. The zero-order chi connectivity index (χ0) is 22.4. The van der Waals surface area contributed by atoms with Crippen LogP contribution in [0.3, 0.4) is 0 Å². The van der Waals surface area contributed by atoms with Gasteiger partial charge in [-0.1, -0.05) is 49.4 Å². The van der Waals surface area contributed by atoms with E-state index >= 15 is 0 Å². The number of sulfonamides is 1. The lowest BCUT2D eigenvalue weighted by atomic mass is 10.0. The predicted molar refractivity (Wildman–Crippen MR) is 116 cm³/mol. The fourth-order valence-electron chi connectivity index (χ4n) is 3.43. The van der Waals surface area contributed by atoms with Crippen LogP contribution in [0, 0.1) is 5.82 Å². The molecule has 31 heavy (non-hydrogen) atoms. The highest BCUT2D eigenvalue weighted by molar-refractivity contribution is 7.89. The van der Waals surface area contributed by atoms with Gasteiger partial charge in [0, 0.05) is 6.54 Å². The highest BCUT2D eigenvalue weighted by Gasteiger charge is 2.31. The predicted octanol–water partition coefficient (Wildman–Crippen LogP) is 4.95. The molecule has 3 aromatic carbocycles. The Hall–Kier alpha value is -3.03. The number of hydrogen-bond acceptors (Lipinski definition) is 4. The Morgan fingerprint density at radius 2 is 1.58 bits per heavy atom. The van der Waals surface area contributed by atoms with Gasteiger partial charge >= 0.3 is 5.97 Å². The highest BCUT2D eigenvalue weighted by atomic mass is 32.2. The van der Waals surface area contributed by atoms with Crippen molar-refractivity contribution < 1.29 is 22.3 Å². The summed E-state index contributed by atoms with van der Waals surface area (Å²) in [6.07, 6.45) is 0.546. The SMILES string of the molecule is CCC(c1ccccc1)N(Cc1ccc(C(=O)OC)cc1)S(=O)(=O)c1ccc(F)cc1. The lowest BCUT2D eigenvalue weighted by molar-refractivity contribution is 0.0600. The van der Waals surface area contributed by atoms with Crippen molar-refractivity contribution in [1.29, 1.82) is 0 Å². The lowest BCUT2D eigenvalue weighted by Gasteiger charge is -2.31. The topological polar surface area (TPSA) is 63.7 Å². The number of halogens is 1. The van der Waals surface area contributed by atoms with Gasteiger partial charge in [-0.25, -0.2) is 17.6 Å². The third-order valence-electron chi connectivity index (χ3n) is 5.05. The first-order valence-corrected chi connectivity index (χ1v) is 11.3. The summed E-state index contributed by atoms with van der Waals surface area (Å²) in [5.74, 6) is -0.961. The van der Waals surface area contributed by atoms with Crippen molar-refractivity contribution in [2.24, 2.45) is 0 Å². The molecule has 0 aliphatic rings. The van der Waals surface area contributed by atoms with Crippen LogP contribution in [0.2, 0.25) is 0 Å². The van der Waals surface area contributed by atoms with Gasteiger partial charge < -0.3 is 4.74 Å². The third kappa shape index (κ3) is 5.18. The van der Waals surface area contributed by atoms with Crippen molar-refractivity contribution in [1.82, 2.24) is 4.31 Å². The maximum Gasteiger partial charge on any atom is 0.337 e. The maximum absolute atomic E-state index is 13.6. The van der Waals surface area contributed by atoms with E-state index < -0.39 is 27.9 Å². The molecule has 0 bridgehead atoms. The van der Waals surface area contributed by atoms with Crippen LogP contribution in [0.25, 0.3) is 0 Å². The summed E-state index contributed by atoms with van der Waals surface area (Å²) in [4.78, 5) is 11.7. The second kappa shape index (κ2) is 9.85. The van der Waals surface area contributed by atoms with Gasteiger partial charge in [0.1, 0.15) is 5.82 Å². The molecule has 0 fully saturated rings. The number of esters is 1. The van der Waals surface area contributed by atoms with Crippen LogP contribution in [0.5, 0.6) is 0 Å². The first-order valence-electron chi connectivity index (χ1n) is 9.86. The van der Waals surface area contributed by atoms with Gasteiger partial charge in [0.05, 0.1) is 23.6 Å². The molecule has 7 heteroatoms. The summed E-state index contributed by atoms with van der Waals surface area (Å²) >= 11 is 0. The Bertz CT molecular complexity index is 1110. The molecule has 0 aliphatic heterocycles. The largest absolute Gasteiger partial charge is 0.465 e. The number of hydrogen-bond donors (Lipinski definition) is 0. The van der Waals surface area contributed by atoms with Gasteiger partial charge in [0.15, 0.2) is 0 Å². The zero-order valence-electron chi connectivity index (χ0n) is 17.4. The number of carbonyl (C=O) groups excluding carboxylic acids is 1. The Labute approximate surface area is 182 Å². The minimum Gasteiger partial charge on any atom is -0.465 e. The molecule has 3 rings (SSSR count). The molecule has 0 aliphatic carbocycles. The molecule has 0 heterocycles. The molecule has 0 radical (unpaired) electrons. The van der Waals surface area contributed by atoms with Crippen LogP contribution in [-0.2, 0) is 21.3 Å². The number of carbonyl (C=O) groups is 1. The molecule has 1 unspecified atom stereocenters. The van der Waals surface area contributed by atoms with E-state index in [0.717, 1.165) is 17.7 Å².